The molecule has 140 valence electrons. The van der Waals surface area contributed by atoms with Crippen LogP contribution in [0.2, 0.25) is 11.5 Å². The predicted octanol–water partition coefficient (Wildman–Crippen LogP) is 4.29. The number of hydrogen-bond donors (Lipinski definition) is 3. The van der Waals surface area contributed by atoms with Crippen LogP contribution >= 0.6 is 0 Å². The van der Waals surface area contributed by atoms with Crippen molar-refractivity contribution < 1.29 is 21.1 Å². The molecule has 0 heterocycles. The van der Waals surface area contributed by atoms with Gasteiger partial charge in [-0.3, -0.25) is 0 Å². The second-order valence-corrected chi connectivity index (χ2v) is 23.7. The minimum absolute atomic E-state index is 0.0806. The van der Waals surface area contributed by atoms with Gasteiger partial charge in [0.25, 0.3) is 0 Å². The number of allylic oxidation sites excluding steroid dienone is 4. The van der Waals surface area contributed by atoms with E-state index in [9.17, 15) is 0 Å². The first kappa shape index (κ1) is 22.8. The van der Waals surface area contributed by atoms with Gasteiger partial charge in [0.05, 0.1) is 0 Å². The molecule has 1 aliphatic carbocycles. The van der Waals surface area contributed by atoms with Gasteiger partial charge in [-0.15, -0.1) is 0 Å². The first-order chi connectivity index (χ1) is 10.5. The molecule has 0 spiro atoms. The molecule has 0 unspecified atom stereocenters. The molecule has 3 nitrogen and oxygen atoms in total. The van der Waals surface area contributed by atoms with Crippen LogP contribution in [0.25, 0.3) is 0 Å². The molecule has 1 aliphatic rings. The normalized spacial score (nSPS) is 17.3. The first-order valence-corrected chi connectivity index (χ1v) is 20.3. The van der Waals surface area contributed by atoms with E-state index in [2.05, 4.69) is 95.8 Å². The van der Waals surface area contributed by atoms with Gasteiger partial charge in [-0.05, 0) is 0 Å². The summed E-state index contributed by atoms with van der Waals surface area (Å²) >= 11 is -4.60. The molecule has 0 aromatic heterocycles. The molecule has 0 atom stereocenters. The molecule has 5 heteroatoms. The Bertz CT molecular complexity index is 461. The van der Waals surface area contributed by atoms with E-state index in [0.29, 0.717) is 0 Å². The van der Waals surface area contributed by atoms with Crippen LogP contribution in [0.3, 0.4) is 0 Å². The fourth-order valence-electron chi connectivity index (χ4n) is 3.44. The summed E-state index contributed by atoms with van der Waals surface area (Å²) in [6, 6.07) is 0. The average Bonchev–Trinajstić information content (AvgIpc) is 2.69. The van der Waals surface area contributed by atoms with Crippen molar-refractivity contribution in [3.8, 4) is 0 Å². The average molecular weight is 475 g/mol. The van der Waals surface area contributed by atoms with Gasteiger partial charge in [0.1, 0.15) is 0 Å². The SMILES string of the molecule is [CH3][GeH]([CH3])[C]1=[C]([Zr]([NH]C(C)(C)C)([NH]C(C)(C)C)[NH]C(C)(C)C)CC=C1. The maximum atomic E-state index is 4.13. The van der Waals surface area contributed by atoms with E-state index < -0.39 is 35.5 Å². The molecule has 0 radical (unpaired) electrons. The summed E-state index contributed by atoms with van der Waals surface area (Å²) in [5.74, 6) is 5.00. The van der Waals surface area contributed by atoms with Crippen LogP contribution in [0.5, 0.6) is 0 Å². The molecule has 0 aromatic carbocycles. The Morgan fingerprint density at radius 3 is 1.46 bits per heavy atom. The van der Waals surface area contributed by atoms with E-state index in [4.69, 9.17) is 0 Å². The van der Waals surface area contributed by atoms with Crippen molar-refractivity contribution in [1.29, 1.82) is 0 Å². The monoisotopic (exact) mass is 475 g/mol. The van der Waals surface area contributed by atoms with Gasteiger partial charge >= 0.3 is 162 Å². The zero-order valence-electron chi connectivity index (χ0n) is 17.9. The molecule has 0 aromatic rings. The van der Waals surface area contributed by atoms with Gasteiger partial charge in [-0.25, -0.2) is 0 Å². The predicted molar refractivity (Wildman–Crippen MR) is 108 cm³/mol. The van der Waals surface area contributed by atoms with Gasteiger partial charge in [0, 0.05) is 0 Å². The van der Waals surface area contributed by atoms with Crippen LogP contribution in [-0.2, 0) is 21.1 Å². The molecule has 0 saturated carbocycles. The molecular weight excluding hydrogens is 434 g/mol. The Labute approximate surface area is 161 Å². The Balaban J connectivity index is 3.54. The van der Waals surface area contributed by atoms with Gasteiger partial charge in [-0.1, -0.05) is 0 Å². The van der Waals surface area contributed by atoms with E-state index in [1.54, 1.807) is 7.69 Å². The third kappa shape index (κ3) is 7.19. The Morgan fingerprint density at radius 2 is 1.17 bits per heavy atom. The van der Waals surface area contributed by atoms with Crippen LogP contribution in [0, 0.1) is 0 Å². The summed E-state index contributed by atoms with van der Waals surface area (Å²) in [6.07, 6.45) is 5.94. The quantitative estimate of drug-likeness (QED) is 0.520. The van der Waals surface area contributed by atoms with E-state index in [-0.39, 0.29) is 16.6 Å². The summed E-state index contributed by atoms with van der Waals surface area (Å²) in [6.45, 7) is 20.7. The second-order valence-electron chi connectivity index (χ2n) is 10.6. The molecule has 0 aliphatic heterocycles. The van der Waals surface area contributed by atoms with Crippen molar-refractivity contribution in [2.45, 2.75) is 96.9 Å². The topological polar surface area (TPSA) is 36.1 Å². The van der Waals surface area contributed by atoms with Gasteiger partial charge in [-0.2, -0.15) is 0 Å². The van der Waals surface area contributed by atoms with Crippen molar-refractivity contribution >= 4 is 14.3 Å². The molecule has 0 saturated heterocycles. The van der Waals surface area contributed by atoms with Gasteiger partial charge in [0.15, 0.2) is 0 Å². The summed E-state index contributed by atoms with van der Waals surface area (Å²) in [4.78, 5) is 0. The summed E-state index contributed by atoms with van der Waals surface area (Å²) in [7, 11) is 0. The Hall–Kier alpha value is 0.786. The molecule has 0 bridgehead atoms. The van der Waals surface area contributed by atoms with Crippen molar-refractivity contribution in [1.82, 2.24) is 9.78 Å². The van der Waals surface area contributed by atoms with Crippen LogP contribution in [0.4, 0.5) is 0 Å². The first-order valence-electron chi connectivity index (χ1n) is 9.33. The molecule has 0 fully saturated rings. The fourth-order valence-corrected chi connectivity index (χ4v) is 24.8. The van der Waals surface area contributed by atoms with E-state index in [1.807, 2.05) is 0 Å². The Morgan fingerprint density at radius 1 is 0.792 bits per heavy atom. The number of nitrogens with one attached hydrogen (secondary N) is 3. The van der Waals surface area contributed by atoms with E-state index >= 15 is 0 Å². The van der Waals surface area contributed by atoms with Crippen molar-refractivity contribution in [2.75, 3.05) is 0 Å². The maximum absolute atomic E-state index is 4.13. The zero-order valence-corrected chi connectivity index (χ0v) is 22.8. The van der Waals surface area contributed by atoms with Crippen molar-refractivity contribution in [3.63, 3.8) is 0 Å². The fraction of sp³-hybridized carbons (Fsp3) is 0.789. The standard InChI is InChI=1S/C7H11Ge.3C4H10N.Zr/c1-8(2)7-5-3-4-6-7;3*1-4(2,3)5;/h3,5,8H,4H2,1-2H3;3*5H,1-3H3;/q;3*-1;+3. The zero-order chi connectivity index (χ0) is 19.0. The molecule has 3 N–H and O–H groups in total. The molecule has 0 amide bonds. The number of rotatable bonds is 5. The van der Waals surface area contributed by atoms with Crippen LogP contribution in [0.1, 0.15) is 68.7 Å². The van der Waals surface area contributed by atoms with Crippen molar-refractivity contribution in [2.24, 2.45) is 0 Å². The van der Waals surface area contributed by atoms with Crippen LogP contribution in [-0.4, -0.2) is 31.0 Å². The third-order valence-electron chi connectivity index (χ3n) is 3.73. The number of hydrogen-bond acceptors (Lipinski definition) is 3. The Kier molecular flexibility index (Phi) is 7.42. The van der Waals surface area contributed by atoms with E-state index in [0.717, 1.165) is 6.42 Å². The summed E-state index contributed by atoms with van der Waals surface area (Å²) < 4.78 is 15.8. The third-order valence-corrected chi connectivity index (χ3v) is 20.7. The van der Waals surface area contributed by atoms with Crippen LogP contribution in [0.15, 0.2) is 19.8 Å². The molecule has 24 heavy (non-hydrogen) atoms. The molecular formula is C19H41GeN3Zr. The summed E-state index contributed by atoms with van der Waals surface area (Å²) in [5.41, 5.74) is 0.242. The van der Waals surface area contributed by atoms with Crippen LogP contribution < -0.4 is 9.78 Å². The van der Waals surface area contributed by atoms with E-state index in [1.165, 1.54) is 0 Å². The van der Waals surface area contributed by atoms with Gasteiger partial charge < -0.3 is 0 Å². The second kappa shape index (κ2) is 7.80. The minimum atomic E-state index is -3.24. The summed E-state index contributed by atoms with van der Waals surface area (Å²) in [5, 5.41) is 0. The molecule has 1 rings (SSSR count). The van der Waals surface area contributed by atoms with Crippen molar-refractivity contribution in [3.05, 3.63) is 19.8 Å². The van der Waals surface area contributed by atoms with Gasteiger partial charge in [0.2, 0.25) is 0 Å².